The molecular weight excluding hydrogens is 342 g/mol. The van der Waals surface area contributed by atoms with E-state index in [0.717, 1.165) is 40.1 Å². The van der Waals surface area contributed by atoms with Gasteiger partial charge in [0.25, 0.3) is 0 Å². The van der Waals surface area contributed by atoms with Crippen LogP contribution in [0, 0.1) is 6.92 Å². The van der Waals surface area contributed by atoms with Crippen molar-refractivity contribution in [2.24, 2.45) is 0 Å². The van der Waals surface area contributed by atoms with Gasteiger partial charge in [-0.15, -0.1) is 0 Å². The molecule has 6 heteroatoms. The quantitative estimate of drug-likeness (QED) is 0.723. The molecule has 4 rings (SSSR count). The average molecular weight is 363 g/mol. The Balaban J connectivity index is 1.94. The fraction of sp³-hybridized carbons (Fsp3) is 0.286. The number of hydrogen-bond donors (Lipinski definition) is 1. The predicted molar refractivity (Wildman–Crippen MR) is 102 cm³/mol. The molecule has 0 atom stereocenters. The van der Waals surface area contributed by atoms with Crippen molar-refractivity contribution in [1.29, 1.82) is 0 Å². The second-order valence-corrected chi connectivity index (χ2v) is 6.67. The number of ether oxygens (including phenoxy) is 1. The number of aromatic amines is 1. The number of H-pyrrole nitrogens is 1. The molecule has 0 saturated carbocycles. The maximum absolute atomic E-state index is 12.8. The maximum atomic E-state index is 12.8. The molecule has 0 amide bonds. The summed E-state index contributed by atoms with van der Waals surface area (Å²) in [4.78, 5) is 31.3. The molecule has 1 N–H and O–H groups in total. The lowest BCUT2D eigenvalue weighted by molar-refractivity contribution is 0.0512. The highest BCUT2D eigenvalue weighted by Gasteiger charge is 2.31. The van der Waals surface area contributed by atoms with Crippen LogP contribution in [0.4, 0.5) is 0 Å². The molecular formula is C21H21N3O3. The van der Waals surface area contributed by atoms with Crippen molar-refractivity contribution < 1.29 is 9.53 Å². The number of aryl methyl sites for hydroxylation is 1. The van der Waals surface area contributed by atoms with Gasteiger partial charge in [0, 0.05) is 24.0 Å². The van der Waals surface area contributed by atoms with Gasteiger partial charge in [0.05, 0.1) is 12.3 Å². The average Bonchev–Trinajstić information content (AvgIpc) is 2.95. The Bertz CT molecular complexity index is 1060. The standard InChI is InChI=1S/C21H21N3O3/c1-3-27-20(25)19-16-10-9-15-11-22-21(26)23-18(15)17(16)13(2)24(19)12-14-7-5-4-6-8-14/h4-8,11H,3,9-10,12H2,1-2H3,(H,22,23,26). The molecule has 6 nitrogen and oxygen atoms in total. The van der Waals surface area contributed by atoms with Crippen LogP contribution in [0.25, 0.3) is 11.3 Å². The van der Waals surface area contributed by atoms with Gasteiger partial charge in [0.2, 0.25) is 0 Å². The third-order valence-electron chi connectivity index (χ3n) is 5.06. The Labute approximate surface area is 156 Å². The van der Waals surface area contributed by atoms with E-state index in [1.807, 2.05) is 41.8 Å². The highest BCUT2D eigenvalue weighted by Crippen LogP contribution is 2.38. The second-order valence-electron chi connectivity index (χ2n) is 6.67. The Kier molecular flexibility index (Phi) is 4.39. The van der Waals surface area contributed by atoms with E-state index >= 15 is 0 Å². The van der Waals surface area contributed by atoms with Crippen molar-refractivity contribution in [3.8, 4) is 11.3 Å². The second kappa shape index (κ2) is 6.87. The summed E-state index contributed by atoms with van der Waals surface area (Å²) in [5, 5.41) is 0. The first-order chi connectivity index (χ1) is 13.1. The molecule has 3 aromatic rings. The molecule has 1 aliphatic rings. The van der Waals surface area contributed by atoms with Gasteiger partial charge in [-0.05, 0) is 43.4 Å². The number of carbonyl (C=O) groups is 1. The van der Waals surface area contributed by atoms with E-state index in [-0.39, 0.29) is 11.7 Å². The Morgan fingerprint density at radius 1 is 1.26 bits per heavy atom. The molecule has 0 radical (unpaired) electrons. The molecule has 1 aromatic carbocycles. The molecule has 0 saturated heterocycles. The van der Waals surface area contributed by atoms with Crippen molar-refractivity contribution in [2.45, 2.75) is 33.2 Å². The lowest BCUT2D eigenvalue weighted by Gasteiger charge is -2.16. The minimum absolute atomic E-state index is 0.320. The number of aromatic nitrogens is 3. The Hall–Kier alpha value is -3.15. The summed E-state index contributed by atoms with van der Waals surface area (Å²) in [5.74, 6) is -0.322. The minimum Gasteiger partial charge on any atom is -0.461 e. The molecule has 0 unspecified atom stereocenters. The number of nitrogens with zero attached hydrogens (tertiary/aromatic N) is 2. The lowest BCUT2D eigenvalue weighted by atomic mass is 9.90. The zero-order valence-corrected chi connectivity index (χ0v) is 15.4. The van der Waals surface area contributed by atoms with Crippen molar-refractivity contribution in [2.75, 3.05) is 6.61 Å². The third-order valence-corrected chi connectivity index (χ3v) is 5.06. The summed E-state index contributed by atoms with van der Waals surface area (Å²) >= 11 is 0. The molecule has 2 heterocycles. The highest BCUT2D eigenvalue weighted by molar-refractivity contribution is 5.94. The van der Waals surface area contributed by atoms with E-state index in [0.29, 0.717) is 25.3 Å². The predicted octanol–water partition coefficient (Wildman–Crippen LogP) is 2.87. The van der Waals surface area contributed by atoms with E-state index in [1.165, 1.54) is 0 Å². The molecule has 0 spiro atoms. The Morgan fingerprint density at radius 3 is 2.78 bits per heavy atom. The van der Waals surface area contributed by atoms with E-state index < -0.39 is 0 Å². The number of rotatable bonds is 4. The smallest absolute Gasteiger partial charge is 0.355 e. The zero-order valence-electron chi connectivity index (χ0n) is 15.4. The van der Waals surface area contributed by atoms with E-state index in [1.54, 1.807) is 13.1 Å². The summed E-state index contributed by atoms with van der Waals surface area (Å²) in [6, 6.07) is 10.0. The van der Waals surface area contributed by atoms with Crippen LogP contribution in [0.3, 0.4) is 0 Å². The van der Waals surface area contributed by atoms with Crippen LogP contribution in [0.15, 0.2) is 41.3 Å². The fourth-order valence-corrected chi connectivity index (χ4v) is 3.87. The van der Waals surface area contributed by atoms with Gasteiger partial charge in [0.1, 0.15) is 5.69 Å². The minimum atomic E-state index is -0.380. The van der Waals surface area contributed by atoms with Gasteiger partial charge in [-0.2, -0.15) is 0 Å². The van der Waals surface area contributed by atoms with Crippen LogP contribution in [0.2, 0.25) is 0 Å². The summed E-state index contributed by atoms with van der Waals surface area (Å²) < 4.78 is 7.36. The normalized spacial score (nSPS) is 12.4. The van der Waals surface area contributed by atoms with Gasteiger partial charge in [-0.3, -0.25) is 0 Å². The number of esters is 1. The first kappa shape index (κ1) is 17.3. The van der Waals surface area contributed by atoms with Crippen LogP contribution in [-0.4, -0.2) is 27.1 Å². The van der Waals surface area contributed by atoms with Crippen molar-refractivity contribution in [1.82, 2.24) is 14.5 Å². The summed E-state index contributed by atoms with van der Waals surface area (Å²) in [6.07, 6.45) is 3.08. The number of carbonyl (C=O) groups excluding carboxylic acids is 1. The highest BCUT2D eigenvalue weighted by atomic mass is 16.5. The van der Waals surface area contributed by atoms with Crippen molar-refractivity contribution >= 4 is 5.97 Å². The molecule has 0 fully saturated rings. The van der Waals surface area contributed by atoms with Gasteiger partial charge in [-0.25, -0.2) is 14.6 Å². The molecule has 0 bridgehead atoms. The van der Waals surface area contributed by atoms with Gasteiger partial charge < -0.3 is 14.3 Å². The largest absolute Gasteiger partial charge is 0.461 e. The summed E-state index contributed by atoms with van der Waals surface area (Å²) in [5.41, 5.74) is 5.88. The lowest BCUT2D eigenvalue weighted by Crippen LogP contribution is -2.18. The van der Waals surface area contributed by atoms with Crippen LogP contribution >= 0.6 is 0 Å². The first-order valence-electron chi connectivity index (χ1n) is 9.11. The van der Waals surface area contributed by atoms with Gasteiger partial charge >= 0.3 is 11.7 Å². The van der Waals surface area contributed by atoms with E-state index in [4.69, 9.17) is 4.74 Å². The summed E-state index contributed by atoms with van der Waals surface area (Å²) in [7, 11) is 0. The molecule has 27 heavy (non-hydrogen) atoms. The van der Waals surface area contributed by atoms with Crippen molar-refractivity contribution in [3.63, 3.8) is 0 Å². The van der Waals surface area contributed by atoms with Crippen LogP contribution in [0.1, 0.15) is 39.8 Å². The van der Waals surface area contributed by atoms with Crippen LogP contribution in [0.5, 0.6) is 0 Å². The zero-order chi connectivity index (χ0) is 19.0. The molecule has 0 aliphatic heterocycles. The Morgan fingerprint density at radius 2 is 2.04 bits per heavy atom. The number of nitrogens with one attached hydrogen (secondary N) is 1. The van der Waals surface area contributed by atoms with E-state index in [2.05, 4.69) is 9.97 Å². The third kappa shape index (κ3) is 2.97. The number of fused-ring (bicyclic) bond motifs is 3. The SMILES string of the molecule is CCOC(=O)c1c2c(c(C)n1Cc1ccccc1)-c1[nH]c(=O)ncc1CC2. The fourth-order valence-electron chi connectivity index (χ4n) is 3.87. The number of benzene rings is 1. The van der Waals surface area contributed by atoms with E-state index in [9.17, 15) is 9.59 Å². The molecule has 2 aromatic heterocycles. The topological polar surface area (TPSA) is 77.0 Å². The van der Waals surface area contributed by atoms with Gasteiger partial charge in [0.15, 0.2) is 0 Å². The molecule has 138 valence electrons. The van der Waals surface area contributed by atoms with Crippen LogP contribution in [-0.2, 0) is 24.1 Å². The van der Waals surface area contributed by atoms with Crippen molar-refractivity contribution in [3.05, 3.63) is 75.1 Å². The molecule has 1 aliphatic carbocycles. The summed E-state index contributed by atoms with van der Waals surface area (Å²) in [6.45, 7) is 4.68. The maximum Gasteiger partial charge on any atom is 0.355 e. The van der Waals surface area contributed by atoms with Crippen LogP contribution < -0.4 is 5.69 Å². The first-order valence-corrected chi connectivity index (χ1v) is 9.11. The monoisotopic (exact) mass is 363 g/mol. The van der Waals surface area contributed by atoms with Gasteiger partial charge in [-0.1, -0.05) is 30.3 Å². The number of hydrogen-bond acceptors (Lipinski definition) is 4.